The Labute approximate surface area is 174 Å². The normalized spacial score (nSPS) is 21.3. The maximum absolute atomic E-state index is 6.06. The number of hydrogen-bond acceptors (Lipinski definition) is 3. The minimum Gasteiger partial charge on any atom is -0.490 e. The zero-order valence-electron chi connectivity index (χ0n) is 14.2. The van der Waals surface area contributed by atoms with Gasteiger partial charge in [0.25, 0.3) is 0 Å². The lowest BCUT2D eigenvalue weighted by atomic mass is 10.1. The summed E-state index contributed by atoms with van der Waals surface area (Å²) in [4.78, 5) is 4.57. The Kier molecular flexibility index (Phi) is 6.13. The lowest BCUT2D eigenvalue weighted by Crippen LogP contribution is -2.23. The van der Waals surface area contributed by atoms with Gasteiger partial charge in [-0.2, -0.15) is 0 Å². The number of anilines is 1. The molecule has 1 aliphatic heterocycles. The Morgan fingerprint density at radius 1 is 1.12 bits per heavy atom. The predicted octanol–water partition coefficient (Wildman–Crippen LogP) is 4.40. The molecule has 5 nitrogen and oxygen atoms in total. The third-order valence-corrected chi connectivity index (χ3v) is 4.59. The molecule has 2 aromatic carbocycles. The summed E-state index contributed by atoms with van der Waals surface area (Å²) >= 11 is 6.05. The largest absolute Gasteiger partial charge is 0.490 e. The van der Waals surface area contributed by atoms with Crippen LogP contribution in [0.3, 0.4) is 0 Å². The molecule has 7 heteroatoms. The highest BCUT2D eigenvalue weighted by atomic mass is 127. The molecule has 2 aliphatic rings. The molecule has 1 aliphatic carbocycles. The average molecular weight is 486 g/mol. The number of nitrogens with two attached hydrogens (primary N) is 1. The Morgan fingerprint density at radius 3 is 2.73 bits per heavy atom. The number of hydrogen-bond donors (Lipinski definition) is 2. The summed E-state index contributed by atoms with van der Waals surface area (Å²) in [7, 11) is 0. The molecule has 0 saturated heterocycles. The molecular formula is C19H21ClIN3O2. The zero-order chi connectivity index (χ0) is 17.2. The molecule has 0 spiro atoms. The van der Waals surface area contributed by atoms with Crippen molar-refractivity contribution >= 4 is 47.2 Å². The quantitative estimate of drug-likeness (QED) is 0.384. The molecule has 0 unspecified atom stereocenters. The monoisotopic (exact) mass is 485 g/mol. The average Bonchev–Trinajstić information content (AvgIpc) is 3.37. The fourth-order valence-electron chi connectivity index (χ4n) is 3.02. The molecule has 2 atom stereocenters. The van der Waals surface area contributed by atoms with Gasteiger partial charge in [-0.3, -0.25) is 0 Å². The number of ether oxygens (including phenoxy) is 2. The van der Waals surface area contributed by atoms with Crippen LogP contribution >= 0.6 is 35.6 Å². The summed E-state index contributed by atoms with van der Waals surface area (Å²) in [5, 5.41) is 3.89. The van der Waals surface area contributed by atoms with Gasteiger partial charge in [0.05, 0.1) is 19.3 Å². The van der Waals surface area contributed by atoms with Crippen LogP contribution in [-0.4, -0.2) is 25.2 Å². The topological polar surface area (TPSA) is 68.9 Å². The third-order valence-electron chi connectivity index (χ3n) is 4.36. The minimum atomic E-state index is 0. The van der Waals surface area contributed by atoms with Crippen LogP contribution in [0.5, 0.6) is 11.5 Å². The van der Waals surface area contributed by atoms with Crippen molar-refractivity contribution in [2.45, 2.75) is 24.8 Å². The molecule has 1 saturated carbocycles. The summed E-state index contributed by atoms with van der Waals surface area (Å²) in [5.41, 5.74) is 8.12. The molecule has 26 heavy (non-hydrogen) atoms. The van der Waals surface area contributed by atoms with E-state index in [2.05, 4.69) is 16.4 Å². The van der Waals surface area contributed by atoms with Crippen LogP contribution in [0.25, 0.3) is 0 Å². The van der Waals surface area contributed by atoms with Gasteiger partial charge in [0, 0.05) is 29.1 Å². The molecular weight excluding hydrogens is 465 g/mol. The van der Waals surface area contributed by atoms with Gasteiger partial charge < -0.3 is 20.5 Å². The fraction of sp³-hybridized carbons (Fsp3) is 0.316. The number of benzene rings is 2. The van der Waals surface area contributed by atoms with Crippen molar-refractivity contribution in [3.05, 3.63) is 53.1 Å². The van der Waals surface area contributed by atoms with Gasteiger partial charge >= 0.3 is 0 Å². The van der Waals surface area contributed by atoms with Crippen LogP contribution < -0.4 is 20.5 Å². The smallest absolute Gasteiger partial charge is 0.193 e. The van der Waals surface area contributed by atoms with E-state index >= 15 is 0 Å². The molecule has 2 aromatic rings. The van der Waals surface area contributed by atoms with Gasteiger partial charge in [-0.15, -0.1) is 24.0 Å². The van der Waals surface area contributed by atoms with E-state index in [0.29, 0.717) is 25.1 Å². The maximum Gasteiger partial charge on any atom is 0.193 e. The Morgan fingerprint density at radius 2 is 1.92 bits per heavy atom. The molecule has 1 fully saturated rings. The van der Waals surface area contributed by atoms with E-state index in [0.717, 1.165) is 35.1 Å². The van der Waals surface area contributed by atoms with E-state index in [1.165, 1.54) is 5.56 Å². The van der Waals surface area contributed by atoms with Crippen LogP contribution in [0, 0.1) is 0 Å². The second-order valence-electron chi connectivity index (χ2n) is 6.32. The number of nitrogens with zero attached hydrogens (tertiary/aromatic N) is 1. The summed E-state index contributed by atoms with van der Waals surface area (Å²) in [6.45, 7) is 1.33. The van der Waals surface area contributed by atoms with Crippen LogP contribution in [-0.2, 0) is 0 Å². The highest BCUT2D eigenvalue weighted by molar-refractivity contribution is 14.0. The van der Waals surface area contributed by atoms with Gasteiger partial charge in [0.1, 0.15) is 0 Å². The molecule has 0 radical (unpaired) electrons. The van der Waals surface area contributed by atoms with Crippen molar-refractivity contribution in [3.8, 4) is 11.5 Å². The number of aliphatic imine (C=N–C) groups is 1. The summed E-state index contributed by atoms with van der Waals surface area (Å²) < 4.78 is 11.3. The van der Waals surface area contributed by atoms with E-state index in [9.17, 15) is 0 Å². The van der Waals surface area contributed by atoms with E-state index < -0.39 is 0 Å². The first kappa shape index (κ1) is 19.1. The van der Waals surface area contributed by atoms with Gasteiger partial charge in [-0.25, -0.2) is 4.99 Å². The molecule has 0 amide bonds. The van der Waals surface area contributed by atoms with Crippen LogP contribution in [0.15, 0.2) is 47.5 Å². The molecule has 3 N–H and O–H groups in total. The first-order valence-electron chi connectivity index (χ1n) is 8.44. The summed E-state index contributed by atoms with van der Waals surface area (Å²) in [6.07, 6.45) is 1.87. The molecule has 4 rings (SSSR count). The zero-order valence-corrected chi connectivity index (χ0v) is 17.2. The van der Waals surface area contributed by atoms with E-state index in [4.69, 9.17) is 26.8 Å². The van der Waals surface area contributed by atoms with Gasteiger partial charge in [-0.05, 0) is 36.2 Å². The lowest BCUT2D eigenvalue weighted by molar-refractivity contribution is 0.297. The first-order valence-corrected chi connectivity index (χ1v) is 8.82. The Bertz CT molecular complexity index is 815. The van der Waals surface area contributed by atoms with Gasteiger partial charge in [0.15, 0.2) is 17.5 Å². The first-order chi connectivity index (χ1) is 12.2. The fourth-order valence-corrected chi connectivity index (χ4v) is 3.22. The standard InChI is InChI=1S/C19H20ClN3O2.HI/c20-13-4-1-3-12(9-13)15-11-16(15)23-19(21)22-14-5-6-17-18(10-14)25-8-2-7-24-17;/h1,3-6,9-10,15-16H,2,7-8,11H2,(H3,21,22,23);1H/t15-,16+;/m0./s1. The van der Waals surface area contributed by atoms with E-state index in [1.807, 2.05) is 36.4 Å². The molecule has 0 bridgehead atoms. The molecule has 138 valence electrons. The second-order valence-corrected chi connectivity index (χ2v) is 6.75. The third kappa shape index (κ3) is 4.54. The van der Waals surface area contributed by atoms with Crippen molar-refractivity contribution in [1.29, 1.82) is 0 Å². The number of halogens is 2. The number of nitrogens with one attached hydrogen (secondary N) is 1. The Balaban J connectivity index is 0.00000196. The minimum absolute atomic E-state index is 0. The summed E-state index contributed by atoms with van der Waals surface area (Å²) in [6, 6.07) is 13.8. The number of fused-ring (bicyclic) bond motifs is 1. The lowest BCUT2D eigenvalue weighted by Gasteiger charge is -2.10. The molecule has 0 aromatic heterocycles. The Hall–Kier alpha value is -1.67. The van der Waals surface area contributed by atoms with Crippen molar-refractivity contribution in [2.24, 2.45) is 10.7 Å². The maximum atomic E-state index is 6.06. The van der Waals surface area contributed by atoms with E-state index in [-0.39, 0.29) is 30.0 Å². The van der Waals surface area contributed by atoms with Crippen molar-refractivity contribution in [2.75, 3.05) is 18.5 Å². The SMILES string of the molecule is I.NC(=N[C@@H]1C[C@H]1c1cccc(Cl)c1)Nc1ccc2c(c1)OCCCO2. The van der Waals surface area contributed by atoms with Crippen molar-refractivity contribution in [1.82, 2.24) is 0 Å². The van der Waals surface area contributed by atoms with Crippen molar-refractivity contribution in [3.63, 3.8) is 0 Å². The summed E-state index contributed by atoms with van der Waals surface area (Å²) in [5.74, 6) is 2.30. The highest BCUT2D eigenvalue weighted by Crippen LogP contribution is 2.44. The number of rotatable bonds is 3. The van der Waals surface area contributed by atoms with Crippen LogP contribution in [0.2, 0.25) is 5.02 Å². The van der Waals surface area contributed by atoms with Crippen LogP contribution in [0.1, 0.15) is 24.3 Å². The van der Waals surface area contributed by atoms with Crippen molar-refractivity contribution < 1.29 is 9.47 Å². The van der Waals surface area contributed by atoms with Gasteiger partial charge in [-0.1, -0.05) is 23.7 Å². The van der Waals surface area contributed by atoms with E-state index in [1.54, 1.807) is 0 Å². The predicted molar refractivity (Wildman–Crippen MR) is 115 cm³/mol. The molecule has 1 heterocycles. The second kappa shape index (κ2) is 8.35. The highest BCUT2D eigenvalue weighted by Gasteiger charge is 2.38. The van der Waals surface area contributed by atoms with Crippen LogP contribution in [0.4, 0.5) is 5.69 Å². The number of guanidine groups is 1. The van der Waals surface area contributed by atoms with Gasteiger partial charge in [0.2, 0.25) is 0 Å².